The van der Waals surface area contributed by atoms with Crippen molar-refractivity contribution in [2.75, 3.05) is 19.6 Å². The van der Waals surface area contributed by atoms with Crippen LogP contribution in [0.2, 0.25) is 0 Å². The Morgan fingerprint density at radius 1 is 0.964 bits per heavy atom. The molecule has 0 amide bonds. The lowest BCUT2D eigenvalue weighted by Gasteiger charge is -2.47. The van der Waals surface area contributed by atoms with E-state index in [4.69, 9.17) is 4.42 Å². The van der Waals surface area contributed by atoms with Crippen molar-refractivity contribution in [1.82, 2.24) is 20.0 Å². The van der Waals surface area contributed by atoms with Crippen LogP contribution < -0.4 is 0 Å². The molecular weight excluding hydrogens is 416 g/mol. The number of benzene rings is 2. The first kappa shape index (κ1) is 19.3. The Kier molecular flexibility index (Phi) is 5.62. The Hall–Kier alpha value is -2.02. The molecule has 1 fully saturated rings. The minimum Gasteiger partial charge on any atom is -0.419 e. The van der Waals surface area contributed by atoms with Gasteiger partial charge < -0.3 is 4.42 Å². The molecule has 2 aromatic carbocycles. The zero-order chi connectivity index (χ0) is 19.6. The first-order valence-corrected chi connectivity index (χ1v) is 10.4. The second-order valence-corrected chi connectivity index (χ2v) is 8.77. The van der Waals surface area contributed by atoms with Gasteiger partial charge in [0, 0.05) is 36.2 Å². The van der Waals surface area contributed by atoms with Gasteiger partial charge in [0.05, 0.1) is 12.1 Å². The maximum atomic E-state index is 5.94. The molecule has 3 aromatic rings. The first-order valence-electron chi connectivity index (χ1n) is 9.60. The fourth-order valence-electron chi connectivity index (χ4n) is 3.78. The lowest BCUT2D eigenvalue weighted by atomic mass is 9.97. The van der Waals surface area contributed by atoms with Crippen molar-refractivity contribution in [3.63, 3.8) is 0 Å². The quantitative estimate of drug-likeness (QED) is 0.580. The SMILES string of the molecule is CC1(C)CN(Cc2nnc(-c3ccccc3Br)o2)CCN1Cc1ccccc1. The minimum atomic E-state index is 0.0827. The van der Waals surface area contributed by atoms with E-state index in [-0.39, 0.29) is 5.54 Å². The second kappa shape index (κ2) is 8.15. The molecule has 1 aromatic heterocycles. The average Bonchev–Trinajstić information content (AvgIpc) is 3.13. The third-order valence-corrected chi connectivity index (χ3v) is 5.99. The molecule has 0 spiro atoms. The molecule has 0 radical (unpaired) electrons. The molecule has 1 saturated heterocycles. The normalized spacial score (nSPS) is 17.7. The Bertz CT molecular complexity index is 925. The van der Waals surface area contributed by atoms with Gasteiger partial charge in [0.1, 0.15) is 0 Å². The smallest absolute Gasteiger partial charge is 0.248 e. The molecule has 1 aliphatic rings. The van der Waals surface area contributed by atoms with E-state index in [1.165, 1.54) is 5.56 Å². The van der Waals surface area contributed by atoms with Crippen LogP contribution in [0, 0.1) is 0 Å². The van der Waals surface area contributed by atoms with Gasteiger partial charge in [-0.3, -0.25) is 9.80 Å². The summed E-state index contributed by atoms with van der Waals surface area (Å²) in [5.74, 6) is 1.22. The summed E-state index contributed by atoms with van der Waals surface area (Å²) in [6.45, 7) is 9.25. The number of piperazine rings is 1. The molecule has 2 heterocycles. The van der Waals surface area contributed by atoms with Crippen LogP contribution in [-0.4, -0.2) is 45.2 Å². The summed E-state index contributed by atoms with van der Waals surface area (Å²) in [7, 11) is 0. The van der Waals surface area contributed by atoms with Crippen molar-refractivity contribution in [2.45, 2.75) is 32.5 Å². The number of hydrogen-bond donors (Lipinski definition) is 0. The van der Waals surface area contributed by atoms with Gasteiger partial charge in [0.2, 0.25) is 11.8 Å². The van der Waals surface area contributed by atoms with Crippen molar-refractivity contribution in [1.29, 1.82) is 0 Å². The van der Waals surface area contributed by atoms with Crippen LogP contribution in [0.4, 0.5) is 0 Å². The Labute approximate surface area is 174 Å². The van der Waals surface area contributed by atoms with Crippen molar-refractivity contribution in [3.05, 3.63) is 70.5 Å². The van der Waals surface area contributed by atoms with Crippen LogP contribution in [0.1, 0.15) is 25.3 Å². The highest BCUT2D eigenvalue weighted by Crippen LogP contribution is 2.28. The number of hydrogen-bond acceptors (Lipinski definition) is 5. The van der Waals surface area contributed by atoms with Crippen LogP contribution in [0.25, 0.3) is 11.5 Å². The topological polar surface area (TPSA) is 45.4 Å². The zero-order valence-electron chi connectivity index (χ0n) is 16.3. The molecule has 0 bridgehead atoms. The van der Waals surface area contributed by atoms with E-state index in [9.17, 15) is 0 Å². The lowest BCUT2D eigenvalue weighted by Crippen LogP contribution is -2.58. The van der Waals surface area contributed by atoms with Gasteiger partial charge in [0.25, 0.3) is 0 Å². The van der Waals surface area contributed by atoms with Crippen molar-refractivity contribution in [3.8, 4) is 11.5 Å². The summed E-state index contributed by atoms with van der Waals surface area (Å²) in [5, 5.41) is 8.51. The fourth-order valence-corrected chi connectivity index (χ4v) is 4.23. The first-order chi connectivity index (χ1) is 13.5. The molecule has 0 saturated carbocycles. The molecule has 6 heteroatoms. The maximum absolute atomic E-state index is 5.94. The van der Waals surface area contributed by atoms with Gasteiger partial charge in [0.15, 0.2) is 0 Å². The van der Waals surface area contributed by atoms with E-state index in [0.29, 0.717) is 18.3 Å². The summed E-state index contributed by atoms with van der Waals surface area (Å²) in [5.41, 5.74) is 2.37. The summed E-state index contributed by atoms with van der Waals surface area (Å²) in [6, 6.07) is 18.6. The Morgan fingerprint density at radius 3 is 2.46 bits per heavy atom. The number of nitrogens with zero attached hydrogens (tertiary/aromatic N) is 4. The molecule has 5 nitrogen and oxygen atoms in total. The molecule has 1 aliphatic heterocycles. The van der Waals surface area contributed by atoms with E-state index < -0.39 is 0 Å². The second-order valence-electron chi connectivity index (χ2n) is 7.91. The van der Waals surface area contributed by atoms with Gasteiger partial charge in [-0.15, -0.1) is 10.2 Å². The number of halogens is 1. The van der Waals surface area contributed by atoms with Crippen LogP contribution in [0.3, 0.4) is 0 Å². The maximum Gasteiger partial charge on any atom is 0.248 e. The van der Waals surface area contributed by atoms with Gasteiger partial charge in [-0.25, -0.2) is 0 Å². The minimum absolute atomic E-state index is 0.0827. The molecule has 0 atom stereocenters. The zero-order valence-corrected chi connectivity index (χ0v) is 17.9. The van der Waals surface area contributed by atoms with E-state index in [1.54, 1.807) is 0 Å². The average molecular weight is 441 g/mol. The standard InChI is InChI=1S/C22H25BrN4O/c1-22(2)16-26(12-13-27(22)14-17-8-4-3-5-9-17)15-20-24-25-21(28-20)18-10-6-7-11-19(18)23/h3-11H,12-16H2,1-2H3. The number of aromatic nitrogens is 2. The van der Waals surface area contributed by atoms with Crippen LogP contribution in [-0.2, 0) is 13.1 Å². The van der Waals surface area contributed by atoms with Gasteiger partial charge >= 0.3 is 0 Å². The highest BCUT2D eigenvalue weighted by atomic mass is 79.9. The largest absolute Gasteiger partial charge is 0.419 e. The molecular formula is C22H25BrN4O. The molecule has 0 unspecified atom stereocenters. The highest BCUT2D eigenvalue weighted by Gasteiger charge is 2.34. The van der Waals surface area contributed by atoms with Crippen molar-refractivity contribution in [2.24, 2.45) is 0 Å². The lowest BCUT2D eigenvalue weighted by molar-refractivity contribution is 0.00721. The highest BCUT2D eigenvalue weighted by molar-refractivity contribution is 9.10. The fraction of sp³-hybridized carbons (Fsp3) is 0.364. The van der Waals surface area contributed by atoms with E-state index in [2.05, 4.69) is 80.1 Å². The van der Waals surface area contributed by atoms with Crippen molar-refractivity contribution < 1.29 is 4.42 Å². The third kappa shape index (κ3) is 4.35. The van der Waals surface area contributed by atoms with Gasteiger partial charge in [-0.1, -0.05) is 42.5 Å². The predicted molar refractivity (Wildman–Crippen MR) is 114 cm³/mol. The molecule has 0 aliphatic carbocycles. The van der Waals surface area contributed by atoms with E-state index in [0.717, 1.165) is 36.2 Å². The van der Waals surface area contributed by atoms with E-state index in [1.807, 2.05) is 24.3 Å². The summed E-state index contributed by atoms with van der Waals surface area (Å²) in [4.78, 5) is 4.96. The van der Waals surface area contributed by atoms with Crippen molar-refractivity contribution >= 4 is 15.9 Å². The predicted octanol–water partition coefficient (Wildman–Crippen LogP) is 4.60. The molecule has 28 heavy (non-hydrogen) atoms. The summed E-state index contributed by atoms with van der Waals surface area (Å²) < 4.78 is 6.90. The van der Waals surface area contributed by atoms with Crippen LogP contribution in [0.5, 0.6) is 0 Å². The van der Waals surface area contributed by atoms with Crippen LogP contribution >= 0.6 is 15.9 Å². The van der Waals surface area contributed by atoms with Gasteiger partial charge in [-0.2, -0.15) is 0 Å². The Balaban J connectivity index is 1.40. The Morgan fingerprint density at radius 2 is 1.71 bits per heavy atom. The molecule has 146 valence electrons. The van der Waals surface area contributed by atoms with Crippen LogP contribution in [0.15, 0.2) is 63.5 Å². The van der Waals surface area contributed by atoms with E-state index >= 15 is 0 Å². The third-order valence-electron chi connectivity index (χ3n) is 5.30. The monoisotopic (exact) mass is 440 g/mol. The molecule has 4 rings (SSSR count). The summed E-state index contributed by atoms with van der Waals surface area (Å²) in [6.07, 6.45) is 0. The summed E-state index contributed by atoms with van der Waals surface area (Å²) >= 11 is 3.55. The number of rotatable bonds is 5. The molecule has 0 N–H and O–H groups in total. The van der Waals surface area contributed by atoms with Gasteiger partial charge in [-0.05, 0) is 47.5 Å².